The summed E-state index contributed by atoms with van der Waals surface area (Å²) in [7, 11) is 0. The zero-order valence-electron chi connectivity index (χ0n) is 11.4. The Balaban J connectivity index is 1.83. The van der Waals surface area contributed by atoms with Gasteiger partial charge in [0.05, 0.1) is 17.6 Å². The van der Waals surface area contributed by atoms with Gasteiger partial charge in [-0.2, -0.15) is 0 Å². The van der Waals surface area contributed by atoms with Crippen LogP contribution in [0.15, 0.2) is 18.2 Å². The fourth-order valence-electron chi connectivity index (χ4n) is 2.34. The van der Waals surface area contributed by atoms with Gasteiger partial charge in [-0.25, -0.2) is 0 Å². The number of hydrogen-bond acceptors (Lipinski definition) is 5. The van der Waals surface area contributed by atoms with Gasteiger partial charge in [0.2, 0.25) is 0 Å². The molecule has 2 N–H and O–H groups in total. The normalized spacial score (nSPS) is 18.1. The Hall–Kier alpha value is -1.66. The molecule has 1 aliphatic rings. The largest absolute Gasteiger partial charge is 0.493 e. The molecule has 1 atom stereocenters. The summed E-state index contributed by atoms with van der Waals surface area (Å²) in [5.41, 5.74) is 6.30. The number of nitrogens with two attached hydrogens (primary N) is 1. The quantitative estimate of drug-likeness (QED) is 0.470. The molecule has 0 aliphatic carbocycles. The highest BCUT2D eigenvalue weighted by molar-refractivity contribution is 5.43. The Morgan fingerprint density at radius 2 is 2.35 bits per heavy atom. The summed E-state index contributed by atoms with van der Waals surface area (Å²) in [5, 5.41) is 10.7. The van der Waals surface area contributed by atoms with Gasteiger partial charge in [-0.05, 0) is 31.7 Å². The lowest BCUT2D eigenvalue weighted by Gasteiger charge is -2.12. The molecule has 2 rings (SSSR count). The Morgan fingerprint density at radius 3 is 3.00 bits per heavy atom. The minimum absolute atomic E-state index is 0.0390. The van der Waals surface area contributed by atoms with E-state index in [4.69, 9.17) is 15.2 Å². The van der Waals surface area contributed by atoms with Crippen LogP contribution in [-0.4, -0.2) is 24.2 Å². The minimum Gasteiger partial charge on any atom is -0.493 e. The third-order valence-electron chi connectivity index (χ3n) is 3.43. The van der Waals surface area contributed by atoms with Gasteiger partial charge in [0.1, 0.15) is 5.75 Å². The average molecular weight is 280 g/mol. The molecule has 6 heteroatoms. The van der Waals surface area contributed by atoms with Gasteiger partial charge < -0.3 is 15.2 Å². The van der Waals surface area contributed by atoms with Crippen LogP contribution in [0.5, 0.6) is 5.75 Å². The average Bonchev–Trinajstić information content (AvgIpc) is 2.96. The molecule has 1 fully saturated rings. The summed E-state index contributed by atoms with van der Waals surface area (Å²) >= 11 is 0. The van der Waals surface area contributed by atoms with Crippen LogP contribution in [0.25, 0.3) is 0 Å². The first-order valence-electron chi connectivity index (χ1n) is 6.92. The first-order valence-corrected chi connectivity index (χ1v) is 6.92. The molecular weight excluding hydrogens is 260 g/mol. The fourth-order valence-corrected chi connectivity index (χ4v) is 2.34. The van der Waals surface area contributed by atoms with Crippen LogP contribution in [0.1, 0.15) is 31.2 Å². The molecule has 1 heterocycles. The van der Waals surface area contributed by atoms with Crippen molar-refractivity contribution in [2.75, 3.05) is 13.2 Å². The Kier molecular flexibility index (Phi) is 5.31. The number of nitro groups is 1. The highest BCUT2D eigenvalue weighted by Crippen LogP contribution is 2.24. The first kappa shape index (κ1) is 14.7. The highest BCUT2D eigenvalue weighted by Gasteiger charge is 2.15. The summed E-state index contributed by atoms with van der Waals surface area (Å²) in [4.78, 5) is 10.3. The van der Waals surface area contributed by atoms with Crippen molar-refractivity contribution in [3.63, 3.8) is 0 Å². The second kappa shape index (κ2) is 7.21. The molecule has 1 aromatic carbocycles. The van der Waals surface area contributed by atoms with E-state index < -0.39 is 4.92 Å². The van der Waals surface area contributed by atoms with Crippen LogP contribution in [0.4, 0.5) is 5.69 Å². The molecular formula is C14H20N2O4. The molecule has 1 aromatic rings. The van der Waals surface area contributed by atoms with Crippen molar-refractivity contribution in [1.82, 2.24) is 0 Å². The monoisotopic (exact) mass is 280 g/mol. The molecule has 0 spiro atoms. The molecule has 0 radical (unpaired) electrons. The number of ether oxygens (including phenoxy) is 2. The summed E-state index contributed by atoms with van der Waals surface area (Å²) in [6, 6.07) is 4.52. The predicted octanol–water partition coefficient (Wildman–Crippen LogP) is 2.39. The van der Waals surface area contributed by atoms with Gasteiger partial charge in [0.25, 0.3) is 5.69 Å². The van der Waals surface area contributed by atoms with Gasteiger partial charge in [-0.3, -0.25) is 10.1 Å². The van der Waals surface area contributed by atoms with Crippen molar-refractivity contribution >= 4 is 5.69 Å². The molecule has 0 amide bonds. The lowest BCUT2D eigenvalue weighted by molar-refractivity contribution is -0.384. The van der Waals surface area contributed by atoms with Crippen molar-refractivity contribution in [3.05, 3.63) is 33.9 Å². The van der Waals surface area contributed by atoms with Crippen LogP contribution in [0, 0.1) is 10.1 Å². The minimum atomic E-state index is -0.430. The zero-order chi connectivity index (χ0) is 14.4. The number of benzene rings is 1. The standard InChI is InChI=1S/C14H20N2O4/c15-10-11-9-12(16(17)18)5-6-14(11)20-8-2-4-13-3-1-7-19-13/h5-6,9,13H,1-4,7-8,10,15H2. The third-order valence-corrected chi connectivity index (χ3v) is 3.43. The second-order valence-corrected chi connectivity index (χ2v) is 4.88. The van der Waals surface area contributed by atoms with Crippen molar-refractivity contribution in [2.45, 2.75) is 38.3 Å². The van der Waals surface area contributed by atoms with E-state index in [0.29, 0.717) is 24.0 Å². The van der Waals surface area contributed by atoms with E-state index in [1.807, 2.05) is 0 Å². The van der Waals surface area contributed by atoms with Gasteiger partial charge in [-0.15, -0.1) is 0 Å². The maximum Gasteiger partial charge on any atom is 0.270 e. The van der Waals surface area contributed by atoms with E-state index in [2.05, 4.69) is 0 Å². The van der Waals surface area contributed by atoms with E-state index in [1.54, 1.807) is 6.07 Å². The van der Waals surface area contributed by atoms with E-state index in [9.17, 15) is 10.1 Å². The number of nitrogens with zero attached hydrogens (tertiary/aromatic N) is 1. The SMILES string of the molecule is NCc1cc([N+](=O)[O-])ccc1OCCCC1CCCO1. The molecule has 6 nitrogen and oxygen atoms in total. The molecule has 20 heavy (non-hydrogen) atoms. The van der Waals surface area contributed by atoms with E-state index in [0.717, 1.165) is 32.3 Å². The van der Waals surface area contributed by atoms with E-state index >= 15 is 0 Å². The van der Waals surface area contributed by atoms with Crippen molar-refractivity contribution in [3.8, 4) is 5.75 Å². The Morgan fingerprint density at radius 1 is 1.50 bits per heavy atom. The lowest BCUT2D eigenvalue weighted by Crippen LogP contribution is -2.09. The molecule has 0 bridgehead atoms. The topological polar surface area (TPSA) is 87.6 Å². The zero-order valence-corrected chi connectivity index (χ0v) is 11.4. The second-order valence-electron chi connectivity index (χ2n) is 4.88. The van der Waals surface area contributed by atoms with E-state index in [1.165, 1.54) is 12.1 Å². The molecule has 1 saturated heterocycles. The summed E-state index contributed by atoms with van der Waals surface area (Å²) in [6.07, 6.45) is 4.54. The van der Waals surface area contributed by atoms with Crippen LogP contribution in [0.2, 0.25) is 0 Å². The van der Waals surface area contributed by atoms with Gasteiger partial charge in [0.15, 0.2) is 0 Å². The molecule has 0 aromatic heterocycles. The van der Waals surface area contributed by atoms with Gasteiger partial charge in [0, 0.05) is 30.8 Å². The van der Waals surface area contributed by atoms with Gasteiger partial charge >= 0.3 is 0 Å². The molecule has 110 valence electrons. The van der Waals surface area contributed by atoms with E-state index in [-0.39, 0.29) is 12.2 Å². The van der Waals surface area contributed by atoms with Crippen molar-refractivity contribution < 1.29 is 14.4 Å². The maximum absolute atomic E-state index is 10.7. The van der Waals surface area contributed by atoms with Gasteiger partial charge in [-0.1, -0.05) is 0 Å². The smallest absolute Gasteiger partial charge is 0.270 e. The van der Waals surface area contributed by atoms with Crippen LogP contribution < -0.4 is 10.5 Å². The highest BCUT2D eigenvalue weighted by atomic mass is 16.6. The number of non-ortho nitro benzene ring substituents is 1. The van der Waals surface area contributed by atoms with Crippen molar-refractivity contribution in [2.24, 2.45) is 5.73 Å². The van der Waals surface area contributed by atoms with Crippen LogP contribution >= 0.6 is 0 Å². The third kappa shape index (κ3) is 3.91. The summed E-state index contributed by atoms with van der Waals surface area (Å²) in [6.45, 7) is 1.67. The Bertz CT molecular complexity index is 458. The number of hydrogen-bond donors (Lipinski definition) is 1. The molecule has 0 saturated carbocycles. The fraction of sp³-hybridized carbons (Fsp3) is 0.571. The van der Waals surface area contributed by atoms with Crippen molar-refractivity contribution in [1.29, 1.82) is 0 Å². The molecule has 1 unspecified atom stereocenters. The number of rotatable bonds is 7. The predicted molar refractivity (Wildman–Crippen MR) is 74.7 cm³/mol. The molecule has 1 aliphatic heterocycles. The van der Waals surface area contributed by atoms with Crippen LogP contribution in [0.3, 0.4) is 0 Å². The summed E-state index contributed by atoms with van der Waals surface area (Å²) in [5.74, 6) is 0.630. The van der Waals surface area contributed by atoms with Crippen LogP contribution in [-0.2, 0) is 11.3 Å². The Labute approximate surface area is 118 Å². The first-order chi connectivity index (χ1) is 9.70. The summed E-state index contributed by atoms with van der Waals surface area (Å²) < 4.78 is 11.2. The number of nitro benzene ring substituents is 1. The lowest BCUT2D eigenvalue weighted by atomic mass is 10.1. The maximum atomic E-state index is 10.7.